The maximum Gasteiger partial charge on any atom is 0.338 e. The normalized spacial score (nSPS) is 18.9. The van der Waals surface area contributed by atoms with Crippen molar-refractivity contribution in [1.82, 2.24) is 4.90 Å². The van der Waals surface area contributed by atoms with Crippen molar-refractivity contribution in [1.29, 1.82) is 0 Å². The molecule has 2 heterocycles. The quantitative estimate of drug-likeness (QED) is 0.398. The van der Waals surface area contributed by atoms with Crippen LogP contribution < -0.4 is 4.74 Å². The summed E-state index contributed by atoms with van der Waals surface area (Å²) in [4.78, 5) is 42.8. The molecule has 1 amide bonds. The van der Waals surface area contributed by atoms with Crippen molar-refractivity contribution < 1.29 is 28.6 Å². The van der Waals surface area contributed by atoms with Crippen LogP contribution in [-0.4, -0.2) is 54.0 Å². The molecule has 154 valence electrons. The Hall–Kier alpha value is -2.65. The Kier molecular flexibility index (Phi) is 6.71. The Morgan fingerprint density at radius 2 is 1.97 bits per heavy atom. The first-order valence-electron chi connectivity index (χ1n) is 9.11. The second-order valence-corrected chi connectivity index (χ2v) is 7.51. The molecule has 1 saturated heterocycles. The van der Waals surface area contributed by atoms with Crippen LogP contribution in [0.2, 0.25) is 0 Å². The maximum absolute atomic E-state index is 12.8. The van der Waals surface area contributed by atoms with E-state index in [2.05, 4.69) is 4.99 Å². The number of ether oxygens (including phenoxy) is 3. The third kappa shape index (κ3) is 4.68. The fourth-order valence-corrected chi connectivity index (χ4v) is 4.16. The summed E-state index contributed by atoms with van der Waals surface area (Å²) in [5.74, 6) is -0.0421. The van der Waals surface area contributed by atoms with Gasteiger partial charge in [-0.1, -0.05) is 23.9 Å². The number of methoxy groups -OCH3 is 1. The lowest BCUT2D eigenvalue weighted by molar-refractivity contribution is -0.141. The number of thioether (sulfide) groups is 1. The Morgan fingerprint density at radius 3 is 2.62 bits per heavy atom. The van der Waals surface area contributed by atoms with Gasteiger partial charge in [-0.3, -0.25) is 14.5 Å². The molecule has 0 aromatic heterocycles. The summed E-state index contributed by atoms with van der Waals surface area (Å²) in [6.07, 6.45) is 0.358. The minimum Gasteiger partial charge on any atom is -0.460 e. The van der Waals surface area contributed by atoms with Gasteiger partial charge in [-0.25, -0.2) is 9.79 Å². The number of amides is 1. The zero-order valence-electron chi connectivity index (χ0n) is 16.5. The monoisotopic (exact) mass is 418 g/mol. The fourth-order valence-electron chi connectivity index (χ4n) is 3.15. The molecule has 1 aromatic carbocycles. The molecule has 0 radical (unpaired) electrons. The molecule has 8 nitrogen and oxygen atoms in total. The lowest BCUT2D eigenvalue weighted by Gasteiger charge is -2.38. The zero-order chi connectivity index (χ0) is 21.0. The van der Waals surface area contributed by atoms with E-state index in [-0.39, 0.29) is 19.1 Å². The van der Waals surface area contributed by atoms with Crippen molar-refractivity contribution in [3.63, 3.8) is 0 Å². The predicted molar refractivity (Wildman–Crippen MR) is 107 cm³/mol. The van der Waals surface area contributed by atoms with Gasteiger partial charge in [-0.15, -0.1) is 0 Å². The standard InChI is InChI=1S/C20H22N2O6S/c1-12-17(19(25)27-10-9-26-3)18(22-16(24)8-11-29-20(22)21-12)14-4-6-15(7-5-14)28-13(2)23/h4-7,18H,8-11H2,1-3H3/t18-/m0/s1. The van der Waals surface area contributed by atoms with Gasteiger partial charge in [-0.2, -0.15) is 0 Å². The molecule has 1 fully saturated rings. The second-order valence-electron chi connectivity index (χ2n) is 6.45. The lowest BCUT2D eigenvalue weighted by Crippen LogP contribution is -2.45. The summed E-state index contributed by atoms with van der Waals surface area (Å²) < 4.78 is 15.3. The smallest absolute Gasteiger partial charge is 0.338 e. The number of amidine groups is 1. The van der Waals surface area contributed by atoms with E-state index in [1.54, 1.807) is 36.1 Å². The number of carbonyl (C=O) groups excluding carboxylic acids is 3. The highest BCUT2D eigenvalue weighted by molar-refractivity contribution is 8.14. The van der Waals surface area contributed by atoms with Gasteiger partial charge in [0.25, 0.3) is 0 Å². The number of carbonyl (C=O) groups is 3. The van der Waals surface area contributed by atoms with Gasteiger partial charge in [0, 0.05) is 26.2 Å². The number of allylic oxidation sites excluding steroid dienone is 1. The summed E-state index contributed by atoms with van der Waals surface area (Å²) in [6, 6.07) is 6.06. The van der Waals surface area contributed by atoms with E-state index in [9.17, 15) is 14.4 Å². The third-order valence-corrected chi connectivity index (χ3v) is 5.36. The molecule has 0 bridgehead atoms. The molecule has 2 aliphatic rings. The van der Waals surface area contributed by atoms with Gasteiger partial charge in [0.2, 0.25) is 5.91 Å². The fraction of sp³-hybridized carbons (Fsp3) is 0.400. The van der Waals surface area contributed by atoms with Crippen LogP contribution >= 0.6 is 11.8 Å². The number of aliphatic imine (C=N–C) groups is 1. The van der Waals surface area contributed by atoms with Crippen LogP contribution in [0.5, 0.6) is 5.75 Å². The van der Waals surface area contributed by atoms with E-state index in [1.165, 1.54) is 25.8 Å². The van der Waals surface area contributed by atoms with Crippen LogP contribution in [0, 0.1) is 0 Å². The molecule has 3 rings (SSSR count). The molecule has 2 aliphatic heterocycles. The van der Waals surface area contributed by atoms with Crippen LogP contribution in [0.3, 0.4) is 0 Å². The second kappa shape index (κ2) is 9.23. The van der Waals surface area contributed by atoms with Crippen molar-refractivity contribution in [3.8, 4) is 5.75 Å². The number of fused-ring (bicyclic) bond motifs is 1. The summed E-state index contributed by atoms with van der Waals surface area (Å²) in [5, 5.41) is 0.571. The topological polar surface area (TPSA) is 94.5 Å². The zero-order valence-corrected chi connectivity index (χ0v) is 17.3. The molecule has 9 heteroatoms. The van der Waals surface area contributed by atoms with Crippen LogP contribution in [-0.2, 0) is 23.9 Å². The molecule has 29 heavy (non-hydrogen) atoms. The van der Waals surface area contributed by atoms with Gasteiger partial charge in [0.05, 0.1) is 23.9 Å². The van der Waals surface area contributed by atoms with E-state index < -0.39 is 18.0 Å². The first-order valence-corrected chi connectivity index (χ1v) is 10.1. The molecule has 0 unspecified atom stereocenters. The van der Waals surface area contributed by atoms with E-state index in [4.69, 9.17) is 14.2 Å². The van der Waals surface area contributed by atoms with E-state index in [1.807, 2.05) is 0 Å². The van der Waals surface area contributed by atoms with Crippen LogP contribution in [0.4, 0.5) is 0 Å². The maximum atomic E-state index is 12.8. The first kappa shape index (κ1) is 21.1. The van der Waals surface area contributed by atoms with Crippen LogP contribution in [0.1, 0.15) is 31.9 Å². The Labute approximate surface area is 172 Å². The SMILES string of the molecule is COCCOC(=O)C1=C(C)N=C2SCCC(=O)N2[C@H]1c1ccc(OC(C)=O)cc1. The summed E-state index contributed by atoms with van der Waals surface area (Å²) in [7, 11) is 1.52. The van der Waals surface area contributed by atoms with Gasteiger partial charge in [0.1, 0.15) is 12.4 Å². The number of benzene rings is 1. The highest BCUT2D eigenvalue weighted by Crippen LogP contribution is 2.40. The number of hydrogen-bond donors (Lipinski definition) is 0. The van der Waals surface area contributed by atoms with Crippen molar-refractivity contribution in [3.05, 3.63) is 41.1 Å². The molecule has 0 spiro atoms. The van der Waals surface area contributed by atoms with Crippen molar-refractivity contribution >= 4 is 34.8 Å². The van der Waals surface area contributed by atoms with Gasteiger partial charge < -0.3 is 14.2 Å². The van der Waals surface area contributed by atoms with Crippen molar-refractivity contribution in [2.45, 2.75) is 26.3 Å². The van der Waals surface area contributed by atoms with Crippen LogP contribution in [0.15, 0.2) is 40.5 Å². The highest BCUT2D eigenvalue weighted by Gasteiger charge is 2.41. The predicted octanol–water partition coefficient (Wildman–Crippen LogP) is 2.45. The van der Waals surface area contributed by atoms with Crippen LogP contribution in [0.25, 0.3) is 0 Å². The van der Waals surface area contributed by atoms with E-state index in [0.29, 0.717) is 39.9 Å². The Balaban J connectivity index is 2.00. The van der Waals surface area contributed by atoms with Crippen molar-refractivity contribution in [2.75, 3.05) is 26.1 Å². The molecule has 0 N–H and O–H groups in total. The van der Waals surface area contributed by atoms with E-state index in [0.717, 1.165) is 0 Å². The summed E-state index contributed by atoms with van der Waals surface area (Å²) >= 11 is 1.48. The molecule has 0 saturated carbocycles. The summed E-state index contributed by atoms with van der Waals surface area (Å²) in [5.41, 5.74) is 1.51. The van der Waals surface area contributed by atoms with Crippen molar-refractivity contribution in [2.24, 2.45) is 4.99 Å². The molecule has 1 atom stereocenters. The number of hydrogen-bond acceptors (Lipinski definition) is 8. The van der Waals surface area contributed by atoms with E-state index >= 15 is 0 Å². The number of rotatable bonds is 6. The molecule has 0 aliphatic carbocycles. The third-order valence-electron chi connectivity index (χ3n) is 4.40. The average molecular weight is 418 g/mol. The molecule has 1 aromatic rings. The minimum atomic E-state index is -0.663. The number of nitrogens with zero attached hydrogens (tertiary/aromatic N) is 2. The summed E-state index contributed by atoms with van der Waals surface area (Å²) in [6.45, 7) is 3.43. The molecular formula is C20H22N2O6S. The minimum absolute atomic E-state index is 0.101. The first-order chi connectivity index (χ1) is 13.9. The van der Waals surface area contributed by atoms with Gasteiger partial charge in [0.15, 0.2) is 5.17 Å². The Bertz CT molecular complexity index is 877. The Morgan fingerprint density at radius 1 is 1.24 bits per heavy atom. The molecular weight excluding hydrogens is 396 g/mol. The van der Waals surface area contributed by atoms with Gasteiger partial charge >= 0.3 is 11.9 Å². The average Bonchev–Trinajstić information content (AvgIpc) is 2.67. The lowest BCUT2D eigenvalue weighted by atomic mass is 9.94. The highest BCUT2D eigenvalue weighted by atomic mass is 32.2. The largest absolute Gasteiger partial charge is 0.460 e. The van der Waals surface area contributed by atoms with Gasteiger partial charge in [-0.05, 0) is 24.6 Å². The number of esters is 2.